The van der Waals surface area contributed by atoms with Gasteiger partial charge in [0.25, 0.3) is 0 Å². The molecule has 1 unspecified atom stereocenters. The van der Waals surface area contributed by atoms with Crippen LogP contribution in [0.3, 0.4) is 0 Å². The van der Waals surface area contributed by atoms with Gasteiger partial charge in [-0.25, -0.2) is 0 Å². The van der Waals surface area contributed by atoms with E-state index < -0.39 is 0 Å². The summed E-state index contributed by atoms with van der Waals surface area (Å²) in [7, 11) is 0. The topological polar surface area (TPSA) is 51.8 Å². The zero-order valence-electron chi connectivity index (χ0n) is 8.54. The minimum Gasteiger partial charge on any atom is -0.324 e. The van der Waals surface area contributed by atoms with Crippen molar-refractivity contribution in [2.75, 3.05) is 0 Å². The van der Waals surface area contributed by atoms with Crippen molar-refractivity contribution >= 4 is 0 Å². The second-order valence-electron chi connectivity index (χ2n) is 3.26. The maximum Gasteiger partial charge on any atom is 0.0676 e. The lowest BCUT2D eigenvalue weighted by Gasteiger charge is -2.12. The average Bonchev–Trinajstić information content (AvgIpc) is 2.16. The van der Waals surface area contributed by atoms with Crippen LogP contribution >= 0.6 is 0 Å². The van der Waals surface area contributed by atoms with E-state index in [1.54, 1.807) is 0 Å². The first kappa shape index (κ1) is 10.1. The van der Waals surface area contributed by atoms with Crippen LogP contribution in [0.2, 0.25) is 0 Å². The fourth-order valence-corrected chi connectivity index (χ4v) is 1.35. The first-order valence-electron chi connectivity index (χ1n) is 4.77. The smallest absolute Gasteiger partial charge is 0.0676 e. The van der Waals surface area contributed by atoms with Gasteiger partial charge in [0, 0.05) is 6.04 Å². The van der Waals surface area contributed by atoms with Gasteiger partial charge in [-0.05, 0) is 31.4 Å². The lowest BCUT2D eigenvalue weighted by molar-refractivity contribution is 0.673. The van der Waals surface area contributed by atoms with E-state index in [0.29, 0.717) is 0 Å². The van der Waals surface area contributed by atoms with E-state index in [9.17, 15) is 0 Å². The molecule has 0 aliphatic heterocycles. The summed E-state index contributed by atoms with van der Waals surface area (Å²) in [6.07, 6.45) is 1.84. The highest BCUT2D eigenvalue weighted by molar-refractivity contribution is 5.24. The molecule has 0 bridgehead atoms. The zero-order chi connectivity index (χ0) is 9.84. The summed E-state index contributed by atoms with van der Waals surface area (Å²) >= 11 is 0. The molecule has 0 aliphatic rings. The molecule has 1 aromatic heterocycles. The summed E-state index contributed by atoms with van der Waals surface area (Å²) in [6.45, 7) is 6.10. The van der Waals surface area contributed by atoms with Gasteiger partial charge < -0.3 is 5.73 Å². The Morgan fingerprint density at radius 3 is 2.62 bits per heavy atom. The van der Waals surface area contributed by atoms with Crippen LogP contribution in [-0.4, -0.2) is 10.2 Å². The molecule has 0 aromatic carbocycles. The molecule has 0 radical (unpaired) electrons. The van der Waals surface area contributed by atoms with Crippen molar-refractivity contribution in [3.05, 3.63) is 23.0 Å². The van der Waals surface area contributed by atoms with Crippen LogP contribution in [0.1, 0.15) is 43.3 Å². The zero-order valence-corrected chi connectivity index (χ0v) is 8.54. The molecule has 0 fully saturated rings. The van der Waals surface area contributed by atoms with Crippen molar-refractivity contribution in [1.29, 1.82) is 0 Å². The van der Waals surface area contributed by atoms with Crippen molar-refractivity contribution in [2.45, 2.75) is 39.7 Å². The van der Waals surface area contributed by atoms with Gasteiger partial charge in [0.2, 0.25) is 0 Å². The second-order valence-corrected chi connectivity index (χ2v) is 3.26. The summed E-state index contributed by atoms with van der Waals surface area (Å²) in [6, 6.07) is 2.14. The number of aromatic nitrogens is 2. The summed E-state index contributed by atoms with van der Waals surface area (Å²) in [5, 5.41) is 8.16. The van der Waals surface area contributed by atoms with E-state index >= 15 is 0 Å². The average molecular weight is 179 g/mol. The third-order valence-corrected chi connectivity index (χ3v) is 2.20. The SMILES string of the molecule is CCc1nnc(C)cc1C(N)CC. The van der Waals surface area contributed by atoms with Gasteiger partial charge in [0.15, 0.2) is 0 Å². The van der Waals surface area contributed by atoms with Crippen LogP contribution < -0.4 is 5.73 Å². The lowest BCUT2D eigenvalue weighted by atomic mass is 10.0. The van der Waals surface area contributed by atoms with E-state index in [4.69, 9.17) is 5.73 Å². The van der Waals surface area contributed by atoms with Gasteiger partial charge >= 0.3 is 0 Å². The monoisotopic (exact) mass is 179 g/mol. The van der Waals surface area contributed by atoms with E-state index in [-0.39, 0.29) is 6.04 Å². The van der Waals surface area contributed by atoms with Crippen LogP contribution in [0.4, 0.5) is 0 Å². The van der Waals surface area contributed by atoms with Crippen molar-refractivity contribution in [3.8, 4) is 0 Å². The summed E-state index contributed by atoms with van der Waals surface area (Å²) in [5.41, 5.74) is 9.09. The van der Waals surface area contributed by atoms with E-state index in [0.717, 1.165) is 29.8 Å². The highest BCUT2D eigenvalue weighted by Gasteiger charge is 2.09. The van der Waals surface area contributed by atoms with Crippen LogP contribution in [0.15, 0.2) is 6.07 Å². The number of rotatable bonds is 3. The van der Waals surface area contributed by atoms with Crippen LogP contribution in [-0.2, 0) is 6.42 Å². The number of nitrogens with two attached hydrogens (primary N) is 1. The first-order chi connectivity index (χ1) is 6.19. The normalized spacial score (nSPS) is 12.9. The second kappa shape index (κ2) is 4.33. The predicted molar refractivity (Wildman–Crippen MR) is 53.4 cm³/mol. The summed E-state index contributed by atoms with van der Waals surface area (Å²) in [5.74, 6) is 0. The molecule has 0 aliphatic carbocycles. The number of hydrogen-bond acceptors (Lipinski definition) is 3. The molecule has 0 amide bonds. The highest BCUT2D eigenvalue weighted by atomic mass is 15.1. The van der Waals surface area contributed by atoms with E-state index in [1.807, 2.05) is 13.0 Å². The quantitative estimate of drug-likeness (QED) is 0.769. The van der Waals surface area contributed by atoms with Crippen LogP contribution in [0.25, 0.3) is 0 Å². The van der Waals surface area contributed by atoms with Crippen molar-refractivity contribution < 1.29 is 0 Å². The molecule has 1 atom stereocenters. The molecule has 3 nitrogen and oxygen atoms in total. The van der Waals surface area contributed by atoms with Gasteiger partial charge in [-0.1, -0.05) is 13.8 Å². The number of hydrogen-bond donors (Lipinski definition) is 1. The Balaban J connectivity index is 3.07. The Morgan fingerprint density at radius 1 is 1.38 bits per heavy atom. The molecule has 1 heterocycles. The molecule has 1 aromatic rings. The molecule has 0 spiro atoms. The molecule has 72 valence electrons. The van der Waals surface area contributed by atoms with Crippen molar-refractivity contribution in [2.24, 2.45) is 5.73 Å². The minimum atomic E-state index is 0.101. The standard InChI is InChI=1S/C10H17N3/c1-4-9(11)8-6-7(3)12-13-10(8)5-2/h6,9H,4-5,11H2,1-3H3. The Bertz CT molecular complexity index is 283. The molecule has 13 heavy (non-hydrogen) atoms. The molecule has 0 saturated carbocycles. The van der Waals surface area contributed by atoms with Crippen molar-refractivity contribution in [1.82, 2.24) is 10.2 Å². The third-order valence-electron chi connectivity index (χ3n) is 2.20. The Hall–Kier alpha value is -0.960. The number of nitrogens with zero attached hydrogens (tertiary/aromatic N) is 2. The Labute approximate surface area is 79.4 Å². The summed E-state index contributed by atoms with van der Waals surface area (Å²) < 4.78 is 0. The molecule has 3 heteroatoms. The molecule has 0 saturated heterocycles. The first-order valence-corrected chi connectivity index (χ1v) is 4.77. The highest BCUT2D eigenvalue weighted by Crippen LogP contribution is 2.17. The molecular weight excluding hydrogens is 162 g/mol. The molecule has 2 N–H and O–H groups in total. The fraction of sp³-hybridized carbons (Fsp3) is 0.600. The minimum absolute atomic E-state index is 0.101. The Morgan fingerprint density at radius 2 is 2.08 bits per heavy atom. The number of aryl methyl sites for hydroxylation is 2. The van der Waals surface area contributed by atoms with E-state index in [2.05, 4.69) is 24.0 Å². The van der Waals surface area contributed by atoms with Crippen LogP contribution in [0.5, 0.6) is 0 Å². The van der Waals surface area contributed by atoms with Crippen molar-refractivity contribution in [3.63, 3.8) is 0 Å². The van der Waals surface area contributed by atoms with Gasteiger partial charge in [-0.15, -0.1) is 0 Å². The third kappa shape index (κ3) is 2.25. The van der Waals surface area contributed by atoms with E-state index in [1.165, 1.54) is 0 Å². The fourth-order valence-electron chi connectivity index (χ4n) is 1.35. The van der Waals surface area contributed by atoms with Gasteiger partial charge in [-0.2, -0.15) is 10.2 Å². The molecular formula is C10H17N3. The van der Waals surface area contributed by atoms with Gasteiger partial charge in [-0.3, -0.25) is 0 Å². The largest absolute Gasteiger partial charge is 0.324 e. The predicted octanol–water partition coefficient (Wildman–Crippen LogP) is 1.76. The van der Waals surface area contributed by atoms with Gasteiger partial charge in [0.05, 0.1) is 11.4 Å². The maximum atomic E-state index is 5.97. The summed E-state index contributed by atoms with van der Waals surface area (Å²) in [4.78, 5) is 0. The Kier molecular flexibility index (Phi) is 3.37. The maximum absolute atomic E-state index is 5.97. The molecule has 1 rings (SSSR count). The van der Waals surface area contributed by atoms with Gasteiger partial charge in [0.1, 0.15) is 0 Å². The van der Waals surface area contributed by atoms with Crippen LogP contribution in [0, 0.1) is 6.92 Å². The lowest BCUT2D eigenvalue weighted by Crippen LogP contribution is -2.13.